The Kier molecular flexibility index (Phi) is 54.8. The van der Waals surface area contributed by atoms with Crippen LogP contribution in [-0.2, 0) is 28.6 Å². The number of carbonyl (C=O) groups is 3. The van der Waals surface area contributed by atoms with Gasteiger partial charge in [0.05, 0.1) is 0 Å². The molecule has 0 aromatic heterocycles. The molecule has 0 aliphatic rings. The standard InChI is InChI=1S/C63H110O6/c1-4-7-10-13-16-19-22-25-28-30-31-33-36-38-41-44-47-50-53-56-62(65)68-59-60(69-63(66)57-54-51-48-45-42-39-34-27-24-21-18-15-12-9-6-3)58-67-61(64)55-52-49-46-43-40-37-35-32-29-26-23-20-17-14-11-8-5-2/h9,12,16,18-19,21,25-29,34,60H,4-8,10-11,13-15,17,20,22-24,30-33,35-59H2,1-3H3/b12-9-,19-16-,21-18-,28-25-,29-26-,34-27-/t60-/m0/s1. The summed E-state index contributed by atoms with van der Waals surface area (Å²) in [5.74, 6) is -0.901. The third-order valence-corrected chi connectivity index (χ3v) is 12.7. The maximum atomic E-state index is 12.9. The van der Waals surface area contributed by atoms with Gasteiger partial charge in [0.25, 0.3) is 0 Å². The molecule has 0 unspecified atom stereocenters. The molecule has 0 radical (unpaired) electrons. The second-order valence-corrected chi connectivity index (χ2v) is 19.5. The average molecular weight is 964 g/mol. The molecule has 0 amide bonds. The van der Waals surface area contributed by atoms with Crippen LogP contribution in [0, 0.1) is 0 Å². The number of ether oxygens (including phenoxy) is 3. The van der Waals surface area contributed by atoms with Crippen LogP contribution in [-0.4, -0.2) is 37.2 Å². The zero-order valence-corrected chi connectivity index (χ0v) is 45.6. The Morgan fingerprint density at radius 3 is 0.928 bits per heavy atom. The van der Waals surface area contributed by atoms with Gasteiger partial charge in [0, 0.05) is 19.3 Å². The molecule has 69 heavy (non-hydrogen) atoms. The van der Waals surface area contributed by atoms with Gasteiger partial charge in [0.1, 0.15) is 13.2 Å². The molecule has 0 saturated heterocycles. The van der Waals surface area contributed by atoms with Crippen molar-refractivity contribution < 1.29 is 28.6 Å². The normalized spacial score (nSPS) is 12.6. The second kappa shape index (κ2) is 57.4. The Labute approximate surface area is 427 Å². The molecule has 0 rings (SSSR count). The van der Waals surface area contributed by atoms with Crippen LogP contribution in [0.15, 0.2) is 72.9 Å². The van der Waals surface area contributed by atoms with E-state index in [9.17, 15) is 14.4 Å². The highest BCUT2D eigenvalue weighted by atomic mass is 16.6. The molecule has 0 saturated carbocycles. The number of unbranched alkanes of at least 4 members (excludes halogenated alkanes) is 30. The van der Waals surface area contributed by atoms with Crippen molar-refractivity contribution in [2.75, 3.05) is 13.2 Å². The molecule has 1 atom stereocenters. The van der Waals surface area contributed by atoms with Gasteiger partial charge in [-0.3, -0.25) is 14.4 Å². The molecule has 0 aliphatic carbocycles. The minimum absolute atomic E-state index is 0.0853. The molecular formula is C63H110O6. The minimum atomic E-state index is -0.788. The zero-order chi connectivity index (χ0) is 50.0. The quantitative estimate of drug-likeness (QED) is 0.0262. The molecule has 0 N–H and O–H groups in total. The van der Waals surface area contributed by atoms with Crippen molar-refractivity contribution in [1.29, 1.82) is 0 Å². The molecule has 0 aromatic rings. The Hall–Kier alpha value is -3.15. The summed E-state index contributed by atoms with van der Waals surface area (Å²) in [4.78, 5) is 38.2. The fourth-order valence-corrected chi connectivity index (χ4v) is 8.25. The Morgan fingerprint density at radius 2 is 0.565 bits per heavy atom. The third kappa shape index (κ3) is 55.6. The lowest BCUT2D eigenvalue weighted by atomic mass is 10.1. The van der Waals surface area contributed by atoms with Gasteiger partial charge in [-0.25, -0.2) is 0 Å². The molecule has 0 aromatic carbocycles. The van der Waals surface area contributed by atoms with E-state index < -0.39 is 6.10 Å². The zero-order valence-electron chi connectivity index (χ0n) is 45.6. The van der Waals surface area contributed by atoms with Crippen LogP contribution < -0.4 is 0 Å². The monoisotopic (exact) mass is 963 g/mol. The second-order valence-electron chi connectivity index (χ2n) is 19.5. The summed E-state index contributed by atoms with van der Waals surface area (Å²) in [5.41, 5.74) is 0. The summed E-state index contributed by atoms with van der Waals surface area (Å²) in [6, 6.07) is 0. The molecule has 0 aliphatic heterocycles. The molecule has 0 fully saturated rings. The molecule has 398 valence electrons. The fourth-order valence-electron chi connectivity index (χ4n) is 8.25. The van der Waals surface area contributed by atoms with Crippen molar-refractivity contribution in [3.05, 3.63) is 72.9 Å². The highest BCUT2D eigenvalue weighted by molar-refractivity contribution is 5.71. The summed E-state index contributed by atoms with van der Waals surface area (Å²) in [5, 5.41) is 0. The summed E-state index contributed by atoms with van der Waals surface area (Å²) in [7, 11) is 0. The van der Waals surface area contributed by atoms with Crippen molar-refractivity contribution in [1.82, 2.24) is 0 Å². The first-order valence-electron chi connectivity index (χ1n) is 29.4. The van der Waals surface area contributed by atoms with E-state index in [1.54, 1.807) is 0 Å². The highest BCUT2D eigenvalue weighted by Gasteiger charge is 2.19. The summed E-state index contributed by atoms with van der Waals surface area (Å²) in [6.45, 7) is 6.50. The maximum Gasteiger partial charge on any atom is 0.306 e. The van der Waals surface area contributed by atoms with Gasteiger partial charge in [-0.1, -0.05) is 235 Å². The lowest BCUT2D eigenvalue weighted by molar-refractivity contribution is -0.167. The van der Waals surface area contributed by atoms with Gasteiger partial charge in [-0.05, 0) is 109 Å². The van der Waals surface area contributed by atoms with Crippen molar-refractivity contribution in [2.24, 2.45) is 0 Å². The SMILES string of the molecule is CC/C=C\C/C=C\C/C=C\CCCCCCCC(=O)O[C@@H](COC(=O)CCCCCCCCC/C=C\CCCCCCCC)COC(=O)CCCCCCCCCCC/C=C\C/C=C\CCCCC. The molecule has 6 nitrogen and oxygen atoms in total. The topological polar surface area (TPSA) is 78.9 Å². The highest BCUT2D eigenvalue weighted by Crippen LogP contribution is 2.15. The Balaban J connectivity index is 4.39. The van der Waals surface area contributed by atoms with Crippen LogP contribution in [0.5, 0.6) is 0 Å². The number of hydrogen-bond donors (Lipinski definition) is 0. The summed E-state index contributed by atoms with van der Waals surface area (Å²) < 4.78 is 16.9. The summed E-state index contributed by atoms with van der Waals surface area (Å²) >= 11 is 0. The number of allylic oxidation sites excluding steroid dienone is 12. The van der Waals surface area contributed by atoms with Gasteiger partial charge in [-0.15, -0.1) is 0 Å². The van der Waals surface area contributed by atoms with Gasteiger partial charge in [0.15, 0.2) is 6.10 Å². The number of carbonyl (C=O) groups excluding carboxylic acids is 3. The van der Waals surface area contributed by atoms with E-state index in [2.05, 4.69) is 93.7 Å². The smallest absolute Gasteiger partial charge is 0.306 e. The molecule has 6 heteroatoms. The van der Waals surface area contributed by atoms with Gasteiger partial charge < -0.3 is 14.2 Å². The van der Waals surface area contributed by atoms with Crippen LogP contribution >= 0.6 is 0 Å². The van der Waals surface area contributed by atoms with Gasteiger partial charge in [0.2, 0.25) is 0 Å². The predicted octanol–water partition coefficient (Wildman–Crippen LogP) is 19.8. The molecule has 0 bridgehead atoms. The first-order valence-corrected chi connectivity index (χ1v) is 29.4. The van der Waals surface area contributed by atoms with E-state index in [4.69, 9.17) is 14.2 Å². The van der Waals surface area contributed by atoms with Crippen molar-refractivity contribution >= 4 is 17.9 Å². The van der Waals surface area contributed by atoms with Crippen molar-refractivity contribution in [2.45, 2.75) is 297 Å². The van der Waals surface area contributed by atoms with Crippen LogP contribution in [0.1, 0.15) is 290 Å². The fraction of sp³-hybridized carbons (Fsp3) is 0.762. The number of rotatable bonds is 53. The van der Waals surface area contributed by atoms with Crippen LogP contribution in [0.4, 0.5) is 0 Å². The first kappa shape index (κ1) is 65.8. The lowest BCUT2D eigenvalue weighted by Crippen LogP contribution is -2.30. The van der Waals surface area contributed by atoms with Crippen LogP contribution in [0.2, 0.25) is 0 Å². The Bertz CT molecular complexity index is 1290. The number of esters is 3. The van der Waals surface area contributed by atoms with Gasteiger partial charge >= 0.3 is 17.9 Å². The minimum Gasteiger partial charge on any atom is -0.462 e. The maximum absolute atomic E-state index is 12.9. The lowest BCUT2D eigenvalue weighted by Gasteiger charge is -2.18. The van der Waals surface area contributed by atoms with Crippen molar-refractivity contribution in [3.8, 4) is 0 Å². The molecule has 0 spiro atoms. The van der Waals surface area contributed by atoms with Crippen molar-refractivity contribution in [3.63, 3.8) is 0 Å². The number of hydrogen-bond acceptors (Lipinski definition) is 6. The molecular weight excluding hydrogens is 853 g/mol. The largest absolute Gasteiger partial charge is 0.462 e. The third-order valence-electron chi connectivity index (χ3n) is 12.7. The average Bonchev–Trinajstić information content (AvgIpc) is 3.35. The molecule has 0 heterocycles. The van der Waals surface area contributed by atoms with E-state index >= 15 is 0 Å². The van der Waals surface area contributed by atoms with E-state index in [1.807, 2.05) is 0 Å². The van der Waals surface area contributed by atoms with E-state index in [-0.39, 0.29) is 31.1 Å². The van der Waals surface area contributed by atoms with E-state index in [1.165, 1.54) is 148 Å². The van der Waals surface area contributed by atoms with E-state index in [0.717, 1.165) is 103 Å². The van der Waals surface area contributed by atoms with Crippen LogP contribution in [0.25, 0.3) is 0 Å². The predicted molar refractivity (Wildman–Crippen MR) is 298 cm³/mol. The summed E-state index contributed by atoms with van der Waals surface area (Å²) in [6.07, 6.45) is 73.2. The Morgan fingerprint density at radius 1 is 0.304 bits per heavy atom. The van der Waals surface area contributed by atoms with E-state index in [0.29, 0.717) is 19.3 Å². The first-order chi connectivity index (χ1) is 34.0. The van der Waals surface area contributed by atoms with Gasteiger partial charge in [-0.2, -0.15) is 0 Å². The van der Waals surface area contributed by atoms with Crippen LogP contribution in [0.3, 0.4) is 0 Å².